The van der Waals surface area contributed by atoms with Crippen LogP contribution in [0.5, 0.6) is 5.75 Å². The molecule has 1 aliphatic carbocycles. The fourth-order valence-electron chi connectivity index (χ4n) is 13.8. The lowest BCUT2D eigenvalue weighted by Crippen LogP contribution is -2.22. The zero-order chi connectivity index (χ0) is 99.5. The second-order valence-corrected chi connectivity index (χ2v) is 35.4. The maximum Gasteiger partial charge on any atom is 0.343 e. The largest absolute Gasteiger partial charge is 0.423 e. The lowest BCUT2D eigenvalue weighted by Gasteiger charge is -2.22. The number of esters is 1. The Hall–Kier alpha value is -14.6. The van der Waals surface area contributed by atoms with Gasteiger partial charge in [0.05, 0.1) is 5.56 Å². The highest BCUT2D eigenvalue weighted by atomic mass is 16.5. The fourth-order valence-corrected chi connectivity index (χ4v) is 13.8. The van der Waals surface area contributed by atoms with E-state index < -0.39 is 0 Å². The van der Waals surface area contributed by atoms with Crippen molar-refractivity contribution in [3.05, 3.63) is 501 Å². The Kier molecular flexibility index (Phi) is 47.9. The smallest absolute Gasteiger partial charge is 0.343 e. The number of carbonyl (C=O) groups is 4. The molecule has 0 spiro atoms. The molecule has 1 amide bonds. The summed E-state index contributed by atoms with van der Waals surface area (Å²) in [6, 6.07) is 104. The van der Waals surface area contributed by atoms with Gasteiger partial charge in [0.15, 0.2) is 11.6 Å². The zero-order valence-electron chi connectivity index (χ0n) is 85.0. The molecule has 1 N–H and O–H groups in total. The van der Waals surface area contributed by atoms with Gasteiger partial charge in [-0.1, -0.05) is 360 Å². The molecule has 3 heterocycles. The molecule has 0 fully saturated rings. The summed E-state index contributed by atoms with van der Waals surface area (Å²) in [5.41, 5.74) is 33.1. The molecule has 0 saturated carbocycles. The predicted molar refractivity (Wildman–Crippen MR) is 578 cm³/mol. The van der Waals surface area contributed by atoms with Crippen molar-refractivity contribution in [2.45, 2.75) is 198 Å². The number of hydrogen-bond donors (Lipinski definition) is 1. The molecular formula is C127H142N4O5. The second kappa shape index (κ2) is 59.1. The van der Waals surface area contributed by atoms with E-state index in [0.29, 0.717) is 44.5 Å². The number of fused-ring (bicyclic) bond motifs is 2. The van der Waals surface area contributed by atoms with Crippen molar-refractivity contribution in [1.82, 2.24) is 15.0 Å². The summed E-state index contributed by atoms with van der Waals surface area (Å²) in [6.07, 6.45) is 20.8. The van der Waals surface area contributed by atoms with Gasteiger partial charge in [-0.05, 0) is 301 Å². The minimum atomic E-state index is -0.325. The molecule has 136 heavy (non-hydrogen) atoms. The summed E-state index contributed by atoms with van der Waals surface area (Å²) in [5, 5.41) is 2.87. The number of carbonyl (C=O) groups excluding carboxylic acids is 4. The maximum absolute atomic E-state index is 12.5. The predicted octanol–water partition coefficient (Wildman–Crippen LogP) is 32.9. The molecule has 0 bridgehead atoms. The monoisotopic (exact) mass is 1800 g/mol. The molecule has 0 atom stereocenters. The van der Waals surface area contributed by atoms with Gasteiger partial charge in [-0.2, -0.15) is 0 Å². The van der Waals surface area contributed by atoms with E-state index in [1.807, 2.05) is 216 Å². The zero-order valence-corrected chi connectivity index (χ0v) is 85.0. The third-order valence-electron chi connectivity index (χ3n) is 21.5. The first-order chi connectivity index (χ1) is 65.0. The number of benzene rings is 12. The molecule has 9 nitrogen and oxygen atoms in total. The Morgan fingerprint density at radius 1 is 0.346 bits per heavy atom. The summed E-state index contributed by atoms with van der Waals surface area (Å²) >= 11 is 0. The summed E-state index contributed by atoms with van der Waals surface area (Å²) in [4.78, 5) is 60.8. The number of pyridine rings is 3. The second-order valence-electron chi connectivity index (χ2n) is 35.4. The molecule has 3 aromatic heterocycles. The third kappa shape index (κ3) is 41.7. The number of hydrogen-bond acceptors (Lipinski definition) is 8. The maximum atomic E-state index is 12.5. The first-order valence-electron chi connectivity index (χ1n) is 47.1. The van der Waals surface area contributed by atoms with Gasteiger partial charge in [0.2, 0.25) is 0 Å². The molecule has 16 rings (SSSR count). The number of amides is 1. The van der Waals surface area contributed by atoms with E-state index in [0.717, 1.165) is 61.7 Å². The first kappa shape index (κ1) is 110. The van der Waals surface area contributed by atoms with E-state index in [9.17, 15) is 19.2 Å². The van der Waals surface area contributed by atoms with Gasteiger partial charge >= 0.3 is 5.97 Å². The van der Waals surface area contributed by atoms with Crippen LogP contribution in [0.4, 0.5) is 5.69 Å². The van der Waals surface area contributed by atoms with Crippen molar-refractivity contribution in [3.63, 3.8) is 0 Å². The number of aryl methyl sites for hydroxylation is 18. The average molecular weight is 1800 g/mol. The number of nitrogens with zero attached hydrogens (tertiary/aromatic N) is 3. The summed E-state index contributed by atoms with van der Waals surface area (Å²) < 4.78 is 5.26. The van der Waals surface area contributed by atoms with Crippen molar-refractivity contribution < 1.29 is 23.9 Å². The average Bonchev–Trinajstić information content (AvgIpc) is 0.747. The fraction of sp³-hybridized carbons (Fsp3) is 0.236. The van der Waals surface area contributed by atoms with Crippen LogP contribution in [0.2, 0.25) is 0 Å². The highest BCUT2D eigenvalue weighted by Crippen LogP contribution is 2.32. The Balaban J connectivity index is 0.000000234. The van der Waals surface area contributed by atoms with Gasteiger partial charge in [-0.25, -0.2) is 4.79 Å². The van der Waals surface area contributed by atoms with Gasteiger partial charge in [-0.15, -0.1) is 0 Å². The topological polar surface area (TPSA) is 128 Å². The number of anilines is 1. The summed E-state index contributed by atoms with van der Waals surface area (Å²) in [6.45, 7) is 50.0. The van der Waals surface area contributed by atoms with Crippen LogP contribution in [0.3, 0.4) is 0 Å². The van der Waals surface area contributed by atoms with Gasteiger partial charge in [-0.3, -0.25) is 29.3 Å². The SMILES string of the molecule is CCC.CCCC(C)(C)CCC.Cc1ccc(/C=C/c2ccc(C)cc2)cc1.Cc1ccc(C#Cc2ccc(C)cc2)cc1.Cc1ccc(NC(=O)c2ccc(C)cc2)cc1.Cc1ccc(OC(=O)c2ccc(C)cc2)cc1.Cc1cccc(C)n1.Cc1cccc2c1C(=O)c1cccc(C)c1C2=O.Cc1ccccc1/C=C/c1ccccc1C.Cc1ccnc(C)c1.Cc1cncc(C)c1. The Morgan fingerprint density at radius 2 is 0.691 bits per heavy atom. The van der Waals surface area contributed by atoms with Crippen LogP contribution < -0.4 is 10.1 Å². The summed E-state index contributed by atoms with van der Waals surface area (Å²) in [5.74, 6) is 6.40. The van der Waals surface area contributed by atoms with Crippen LogP contribution in [0, 0.1) is 142 Å². The number of ether oxygens (including phenoxy) is 1. The molecule has 9 heteroatoms. The van der Waals surface area contributed by atoms with Gasteiger partial charge in [0.25, 0.3) is 5.91 Å². The van der Waals surface area contributed by atoms with Crippen LogP contribution in [-0.4, -0.2) is 38.4 Å². The Morgan fingerprint density at radius 3 is 1.03 bits per heavy atom. The molecule has 1 aliphatic rings. The Labute approximate surface area is 814 Å². The normalized spacial score (nSPS) is 10.5. The van der Waals surface area contributed by atoms with Crippen molar-refractivity contribution in [1.29, 1.82) is 0 Å². The van der Waals surface area contributed by atoms with Crippen molar-refractivity contribution in [3.8, 4) is 17.6 Å². The van der Waals surface area contributed by atoms with Crippen molar-refractivity contribution in [2.24, 2.45) is 5.41 Å². The molecule has 0 radical (unpaired) electrons. The van der Waals surface area contributed by atoms with Gasteiger partial charge in [0, 0.05) is 80.3 Å². The highest BCUT2D eigenvalue weighted by molar-refractivity contribution is 6.29. The van der Waals surface area contributed by atoms with E-state index in [1.54, 1.807) is 36.4 Å². The molecule has 0 aliphatic heterocycles. The lowest BCUT2D eigenvalue weighted by atomic mass is 9.80. The minimum Gasteiger partial charge on any atom is -0.423 e. The van der Waals surface area contributed by atoms with E-state index in [-0.39, 0.29) is 23.4 Å². The van der Waals surface area contributed by atoms with Crippen molar-refractivity contribution >= 4 is 53.4 Å². The molecule has 0 unspecified atom stereocenters. The van der Waals surface area contributed by atoms with Crippen LogP contribution >= 0.6 is 0 Å². The number of rotatable bonds is 12. The van der Waals surface area contributed by atoms with Gasteiger partial charge < -0.3 is 10.1 Å². The van der Waals surface area contributed by atoms with E-state index in [1.165, 1.54) is 110 Å². The molecule has 12 aromatic carbocycles. The van der Waals surface area contributed by atoms with E-state index in [4.69, 9.17) is 4.74 Å². The third-order valence-corrected chi connectivity index (χ3v) is 21.5. The standard InChI is InChI=1S/C16H12O2.C16H16.C16H14.C16H16.C15H15NO.C15H14O2.C9H20.3C7H9N.C3H8/c1-9-5-3-7-11-13(9)15(17)12-8-4-6-10(2)14(12)16(11)18;2*1-13-3-7-15(8-4-13)11-12-16-9-5-14(2)6-10-16;1-13-7-3-5-9-15(13)11-12-16-10-6-4-8-14(16)2;1-11-3-7-13(8-4-11)15(17)16-14-9-5-12(2)6-10-14;1-11-3-7-13(8-4-11)15(16)17-14-9-5-12(2)6-10-14;1-5-7-9(3,4)8-6-2;1-6-3-7(2)5-8-4-6;1-6-3-4-8-7(2)5-6;1-6-4-3-5-7(2)8-6;1-3-2/h3-8H,1-2H3;3-12H,1-2H3;3-10H,1-2H3;3-12H,1-2H3;3-10H,1-2H3,(H,16,17);3-10H,1-2H3;5-8H2,1-4H3;3*3-5H,1-2H3;3H2,1-2H3/b;12-11+;;12-11+;;;;;;;. The summed E-state index contributed by atoms with van der Waals surface area (Å²) in [7, 11) is 0. The number of ketones is 2. The highest BCUT2D eigenvalue weighted by Gasteiger charge is 2.31. The van der Waals surface area contributed by atoms with Crippen LogP contribution in [-0.2, 0) is 0 Å². The molecule has 15 aromatic rings. The molecular weight excluding hydrogens is 1660 g/mol. The van der Waals surface area contributed by atoms with Crippen LogP contribution in [0.15, 0.2) is 334 Å². The van der Waals surface area contributed by atoms with Crippen LogP contribution in [0.1, 0.15) is 260 Å². The minimum absolute atomic E-state index is 0.0404. The van der Waals surface area contributed by atoms with Crippen molar-refractivity contribution in [2.75, 3.05) is 5.32 Å². The number of nitrogens with one attached hydrogen (secondary N) is 1. The van der Waals surface area contributed by atoms with E-state index in [2.05, 4.69) is 304 Å². The quantitative estimate of drug-likeness (QED) is 0.0554. The van der Waals surface area contributed by atoms with Crippen LogP contribution in [0.25, 0.3) is 24.3 Å². The number of aromatic nitrogens is 3. The first-order valence-corrected chi connectivity index (χ1v) is 47.1. The lowest BCUT2D eigenvalue weighted by molar-refractivity contribution is 0.0734. The molecule has 0 saturated heterocycles. The molecule has 700 valence electrons. The Bertz CT molecular complexity index is 5840. The van der Waals surface area contributed by atoms with Gasteiger partial charge in [0.1, 0.15) is 5.75 Å². The van der Waals surface area contributed by atoms with E-state index >= 15 is 0 Å².